The van der Waals surface area contributed by atoms with Crippen molar-refractivity contribution in [1.29, 1.82) is 0 Å². The van der Waals surface area contributed by atoms with E-state index >= 15 is 0 Å². The Hall–Kier alpha value is -0.780. The summed E-state index contributed by atoms with van der Waals surface area (Å²) in [5.74, 6) is 0.607. The molecule has 0 fully saturated rings. The molecule has 0 saturated heterocycles. The van der Waals surface area contributed by atoms with Crippen molar-refractivity contribution in [3.63, 3.8) is 0 Å². The van der Waals surface area contributed by atoms with Gasteiger partial charge in [-0.3, -0.25) is 0 Å². The van der Waals surface area contributed by atoms with E-state index in [-0.39, 0.29) is 0 Å². The first-order valence-electron chi connectivity index (χ1n) is 5.07. The van der Waals surface area contributed by atoms with Gasteiger partial charge in [-0.1, -0.05) is 58.1 Å². The molecule has 0 heterocycles. The zero-order chi connectivity index (χ0) is 10.9. The van der Waals surface area contributed by atoms with E-state index in [1.54, 1.807) is 0 Å². The summed E-state index contributed by atoms with van der Waals surface area (Å²) < 4.78 is 0. The van der Waals surface area contributed by atoms with Crippen LogP contribution in [0.1, 0.15) is 41.5 Å². The van der Waals surface area contributed by atoms with E-state index in [1.807, 2.05) is 20.8 Å². The molecular weight excluding hydrogens is 156 g/mol. The Bertz CT molecular complexity index is 180. The van der Waals surface area contributed by atoms with Gasteiger partial charge in [-0.2, -0.15) is 0 Å². The van der Waals surface area contributed by atoms with Crippen LogP contribution in [0.25, 0.3) is 0 Å². The Morgan fingerprint density at radius 1 is 1.15 bits per heavy atom. The summed E-state index contributed by atoms with van der Waals surface area (Å²) in [7, 11) is 0. The number of rotatable bonds is 3. The first-order chi connectivity index (χ1) is 6.07. The van der Waals surface area contributed by atoms with E-state index in [1.165, 1.54) is 5.57 Å². The van der Waals surface area contributed by atoms with Gasteiger partial charge >= 0.3 is 0 Å². The van der Waals surface area contributed by atoms with E-state index in [2.05, 4.69) is 45.6 Å². The zero-order valence-electron chi connectivity index (χ0n) is 10.0. The molecule has 0 aromatic carbocycles. The van der Waals surface area contributed by atoms with Crippen molar-refractivity contribution in [3.05, 3.63) is 36.0 Å². The van der Waals surface area contributed by atoms with Crippen LogP contribution in [0.15, 0.2) is 36.0 Å². The lowest BCUT2D eigenvalue weighted by molar-refractivity contribution is 0.789. The van der Waals surface area contributed by atoms with Crippen LogP contribution >= 0.6 is 0 Å². The Morgan fingerprint density at radius 3 is 1.85 bits per heavy atom. The molecule has 0 amide bonds. The molecule has 0 heteroatoms. The van der Waals surface area contributed by atoms with E-state index in [0.717, 1.165) is 5.57 Å². The summed E-state index contributed by atoms with van der Waals surface area (Å²) in [6.45, 7) is 16.3. The van der Waals surface area contributed by atoms with Crippen LogP contribution in [0.5, 0.6) is 0 Å². The minimum Gasteiger partial charge on any atom is -0.0961 e. The molecule has 0 radical (unpaired) electrons. The van der Waals surface area contributed by atoms with Gasteiger partial charge in [0, 0.05) is 0 Å². The average molecular weight is 180 g/mol. The lowest BCUT2D eigenvalue weighted by Gasteiger charge is -2.04. The minimum absolute atomic E-state index is 0.607. The van der Waals surface area contributed by atoms with Gasteiger partial charge in [0.1, 0.15) is 0 Å². The summed E-state index contributed by atoms with van der Waals surface area (Å²) in [6, 6.07) is 0. The molecule has 0 nitrogen and oxygen atoms in total. The Kier molecular flexibility index (Phi) is 10.5. The van der Waals surface area contributed by atoms with Crippen LogP contribution < -0.4 is 0 Å². The SMILES string of the molecule is C=C(C)/C=C\C(=C/C)C(C)C.CC. The predicted molar refractivity (Wildman–Crippen MR) is 63.9 cm³/mol. The van der Waals surface area contributed by atoms with Gasteiger partial charge in [0.2, 0.25) is 0 Å². The summed E-state index contributed by atoms with van der Waals surface area (Å²) in [4.78, 5) is 0. The second-order valence-corrected chi connectivity index (χ2v) is 3.12. The second-order valence-electron chi connectivity index (χ2n) is 3.12. The molecule has 0 aliphatic heterocycles. The molecule has 0 rings (SSSR count). The van der Waals surface area contributed by atoms with Crippen LogP contribution in [-0.2, 0) is 0 Å². The van der Waals surface area contributed by atoms with Gasteiger partial charge in [0.25, 0.3) is 0 Å². The third kappa shape index (κ3) is 9.13. The van der Waals surface area contributed by atoms with E-state index in [0.29, 0.717) is 5.92 Å². The number of allylic oxidation sites excluding steroid dienone is 5. The van der Waals surface area contributed by atoms with Crippen molar-refractivity contribution in [3.8, 4) is 0 Å². The van der Waals surface area contributed by atoms with Crippen LogP contribution in [-0.4, -0.2) is 0 Å². The summed E-state index contributed by atoms with van der Waals surface area (Å²) in [5.41, 5.74) is 2.47. The molecule has 0 spiro atoms. The molecule has 0 aliphatic carbocycles. The Labute approximate surface area is 84.1 Å². The standard InChI is InChI=1S/C11H18.C2H6/c1-6-11(10(4)5)8-7-9(2)3;1-2/h6-8,10H,2H2,1,3-5H3;1-2H3/b8-7-,11-6+;. The highest BCUT2D eigenvalue weighted by atomic mass is 14.0. The third-order valence-electron chi connectivity index (χ3n) is 1.56. The molecule has 0 saturated carbocycles. The fourth-order valence-corrected chi connectivity index (χ4v) is 0.860. The molecule has 0 aromatic heterocycles. The summed E-state index contributed by atoms with van der Waals surface area (Å²) in [6.07, 6.45) is 6.33. The van der Waals surface area contributed by atoms with E-state index in [4.69, 9.17) is 0 Å². The van der Waals surface area contributed by atoms with Gasteiger partial charge in [-0.15, -0.1) is 0 Å². The summed E-state index contributed by atoms with van der Waals surface area (Å²) >= 11 is 0. The minimum atomic E-state index is 0.607. The maximum atomic E-state index is 3.81. The highest BCUT2D eigenvalue weighted by molar-refractivity contribution is 5.25. The van der Waals surface area contributed by atoms with Gasteiger partial charge in [-0.05, 0) is 25.3 Å². The van der Waals surface area contributed by atoms with Gasteiger partial charge in [-0.25, -0.2) is 0 Å². The normalized spacial score (nSPS) is 11.5. The van der Waals surface area contributed by atoms with Crippen molar-refractivity contribution >= 4 is 0 Å². The highest BCUT2D eigenvalue weighted by Gasteiger charge is 1.95. The quantitative estimate of drug-likeness (QED) is 0.550. The largest absolute Gasteiger partial charge is 0.0961 e. The molecule has 0 unspecified atom stereocenters. The lowest BCUT2D eigenvalue weighted by atomic mass is 10.0. The topological polar surface area (TPSA) is 0 Å². The molecule has 0 aromatic rings. The molecular formula is C13H24. The van der Waals surface area contributed by atoms with E-state index in [9.17, 15) is 0 Å². The highest BCUT2D eigenvalue weighted by Crippen LogP contribution is 2.11. The molecule has 76 valence electrons. The fourth-order valence-electron chi connectivity index (χ4n) is 0.860. The molecule has 13 heavy (non-hydrogen) atoms. The maximum Gasteiger partial charge on any atom is -0.0222 e. The smallest absolute Gasteiger partial charge is 0.0222 e. The van der Waals surface area contributed by atoms with Crippen molar-refractivity contribution in [2.24, 2.45) is 5.92 Å². The number of hydrogen-bond acceptors (Lipinski definition) is 0. The molecule has 0 aliphatic rings. The molecule has 0 bridgehead atoms. The van der Waals surface area contributed by atoms with Crippen molar-refractivity contribution < 1.29 is 0 Å². The third-order valence-corrected chi connectivity index (χ3v) is 1.56. The first-order valence-corrected chi connectivity index (χ1v) is 5.07. The van der Waals surface area contributed by atoms with Crippen molar-refractivity contribution in [2.45, 2.75) is 41.5 Å². The van der Waals surface area contributed by atoms with Crippen molar-refractivity contribution in [1.82, 2.24) is 0 Å². The van der Waals surface area contributed by atoms with Gasteiger partial charge in [0.15, 0.2) is 0 Å². The zero-order valence-corrected chi connectivity index (χ0v) is 10.0. The Balaban J connectivity index is 0. The average Bonchev–Trinajstić information content (AvgIpc) is 2.08. The van der Waals surface area contributed by atoms with Crippen molar-refractivity contribution in [2.75, 3.05) is 0 Å². The molecule has 0 atom stereocenters. The van der Waals surface area contributed by atoms with Crippen LogP contribution in [0, 0.1) is 5.92 Å². The van der Waals surface area contributed by atoms with Crippen LogP contribution in [0.4, 0.5) is 0 Å². The lowest BCUT2D eigenvalue weighted by Crippen LogP contribution is -1.88. The van der Waals surface area contributed by atoms with Gasteiger partial charge < -0.3 is 0 Å². The second kappa shape index (κ2) is 9.31. The van der Waals surface area contributed by atoms with Crippen LogP contribution in [0.3, 0.4) is 0 Å². The number of hydrogen-bond donors (Lipinski definition) is 0. The van der Waals surface area contributed by atoms with Crippen LogP contribution in [0.2, 0.25) is 0 Å². The maximum absolute atomic E-state index is 3.81. The first kappa shape index (κ1) is 14.7. The van der Waals surface area contributed by atoms with E-state index < -0.39 is 0 Å². The van der Waals surface area contributed by atoms with Gasteiger partial charge in [0.05, 0.1) is 0 Å². The predicted octanol–water partition coefficient (Wildman–Crippen LogP) is 4.75. The summed E-state index contributed by atoms with van der Waals surface area (Å²) in [5, 5.41) is 0. The molecule has 0 N–H and O–H groups in total. The monoisotopic (exact) mass is 180 g/mol. The Morgan fingerprint density at radius 2 is 1.62 bits per heavy atom. The fraction of sp³-hybridized carbons (Fsp3) is 0.538.